The van der Waals surface area contributed by atoms with E-state index in [4.69, 9.17) is 0 Å². The summed E-state index contributed by atoms with van der Waals surface area (Å²) in [5.74, 6) is 1.91. The van der Waals surface area contributed by atoms with Crippen LogP contribution in [0.15, 0.2) is 43.0 Å². The zero-order valence-electron chi connectivity index (χ0n) is 15.7. The predicted molar refractivity (Wildman–Crippen MR) is 105 cm³/mol. The number of imidazole rings is 1. The highest BCUT2D eigenvalue weighted by atomic mass is 19.1. The summed E-state index contributed by atoms with van der Waals surface area (Å²) in [6, 6.07) is 7.13. The number of aromatic nitrogens is 4. The fourth-order valence-electron chi connectivity index (χ4n) is 3.61. The van der Waals surface area contributed by atoms with Crippen molar-refractivity contribution in [1.29, 1.82) is 0 Å². The average Bonchev–Trinajstić information content (AvgIpc) is 3.35. The number of hydrogen-bond acceptors (Lipinski definition) is 6. The number of benzene rings is 1. The van der Waals surface area contributed by atoms with Crippen LogP contribution < -0.4 is 10.2 Å². The minimum absolute atomic E-state index is 0.107. The van der Waals surface area contributed by atoms with Gasteiger partial charge in [-0.3, -0.25) is 0 Å². The molecule has 1 aliphatic rings. The van der Waals surface area contributed by atoms with Crippen molar-refractivity contribution in [3.8, 4) is 5.69 Å². The molecular formula is C20H23FN6O. The van der Waals surface area contributed by atoms with E-state index in [-0.39, 0.29) is 18.5 Å². The molecule has 1 saturated heterocycles. The number of rotatable bonds is 6. The number of aryl methyl sites for hydroxylation is 1. The van der Waals surface area contributed by atoms with Crippen LogP contribution in [0.25, 0.3) is 5.69 Å². The first-order valence-corrected chi connectivity index (χ1v) is 9.38. The van der Waals surface area contributed by atoms with E-state index in [1.807, 2.05) is 19.1 Å². The zero-order chi connectivity index (χ0) is 19.5. The first-order chi connectivity index (χ1) is 13.7. The topological polar surface area (TPSA) is 79.1 Å². The molecule has 0 saturated carbocycles. The van der Waals surface area contributed by atoms with Gasteiger partial charge < -0.3 is 19.9 Å². The van der Waals surface area contributed by atoms with Crippen molar-refractivity contribution in [3.63, 3.8) is 0 Å². The van der Waals surface area contributed by atoms with Crippen LogP contribution in [0.2, 0.25) is 0 Å². The van der Waals surface area contributed by atoms with Gasteiger partial charge >= 0.3 is 0 Å². The highest BCUT2D eigenvalue weighted by Crippen LogP contribution is 2.25. The Kier molecular flexibility index (Phi) is 5.21. The van der Waals surface area contributed by atoms with Gasteiger partial charge in [0.1, 0.15) is 29.6 Å². The summed E-state index contributed by atoms with van der Waals surface area (Å²) < 4.78 is 16.3. The Morgan fingerprint density at radius 1 is 1.25 bits per heavy atom. The molecular weight excluding hydrogens is 359 g/mol. The molecule has 0 bridgehead atoms. The maximum atomic E-state index is 14.5. The molecule has 7 nitrogen and oxygen atoms in total. The van der Waals surface area contributed by atoms with E-state index >= 15 is 0 Å². The molecule has 0 amide bonds. The second-order valence-electron chi connectivity index (χ2n) is 6.92. The lowest BCUT2D eigenvalue weighted by Crippen LogP contribution is -2.32. The van der Waals surface area contributed by atoms with Crippen molar-refractivity contribution in [2.75, 3.05) is 23.4 Å². The van der Waals surface area contributed by atoms with Crippen LogP contribution in [0.5, 0.6) is 0 Å². The van der Waals surface area contributed by atoms with Crippen LogP contribution >= 0.6 is 0 Å². The molecule has 2 aromatic heterocycles. The maximum absolute atomic E-state index is 14.5. The Hall–Kier alpha value is -3.00. The average molecular weight is 382 g/mol. The molecule has 0 radical (unpaired) electrons. The fraction of sp³-hybridized carbons (Fsp3) is 0.350. The molecule has 3 aromatic rings. The van der Waals surface area contributed by atoms with Gasteiger partial charge in [0.05, 0.1) is 18.3 Å². The highest BCUT2D eigenvalue weighted by Gasteiger charge is 2.25. The maximum Gasteiger partial charge on any atom is 0.147 e. The lowest BCUT2D eigenvalue weighted by Gasteiger charge is -2.24. The molecule has 146 valence electrons. The normalized spacial score (nSPS) is 16.5. The Bertz CT molecular complexity index is 959. The summed E-state index contributed by atoms with van der Waals surface area (Å²) in [7, 11) is 0. The number of aliphatic hydroxyl groups excluding tert-OH is 1. The van der Waals surface area contributed by atoms with E-state index in [9.17, 15) is 9.50 Å². The van der Waals surface area contributed by atoms with Crippen molar-refractivity contribution in [3.05, 3.63) is 60.2 Å². The van der Waals surface area contributed by atoms with Crippen LogP contribution in [0.3, 0.4) is 0 Å². The van der Waals surface area contributed by atoms with Crippen molar-refractivity contribution < 1.29 is 9.50 Å². The molecule has 1 fully saturated rings. The summed E-state index contributed by atoms with van der Waals surface area (Å²) >= 11 is 0. The summed E-state index contributed by atoms with van der Waals surface area (Å²) in [5.41, 5.74) is 1.29. The fourth-order valence-corrected chi connectivity index (χ4v) is 3.61. The van der Waals surface area contributed by atoms with Crippen LogP contribution in [0, 0.1) is 12.7 Å². The second kappa shape index (κ2) is 7.93. The van der Waals surface area contributed by atoms with Crippen molar-refractivity contribution in [1.82, 2.24) is 19.5 Å². The van der Waals surface area contributed by atoms with Gasteiger partial charge in [-0.05, 0) is 37.5 Å². The van der Waals surface area contributed by atoms with E-state index in [0.29, 0.717) is 18.1 Å². The lowest BCUT2D eigenvalue weighted by molar-refractivity contribution is 0.266. The van der Waals surface area contributed by atoms with E-state index in [1.165, 1.54) is 12.4 Å². The first kappa shape index (κ1) is 18.4. The van der Waals surface area contributed by atoms with Crippen molar-refractivity contribution in [2.24, 2.45) is 0 Å². The zero-order valence-corrected chi connectivity index (χ0v) is 15.7. The molecule has 4 rings (SSSR count). The lowest BCUT2D eigenvalue weighted by atomic mass is 10.2. The van der Waals surface area contributed by atoms with Crippen molar-refractivity contribution in [2.45, 2.75) is 32.4 Å². The Labute approximate surface area is 162 Å². The van der Waals surface area contributed by atoms with Crippen LogP contribution in [-0.4, -0.2) is 43.8 Å². The Morgan fingerprint density at radius 3 is 2.89 bits per heavy atom. The smallest absolute Gasteiger partial charge is 0.147 e. The molecule has 8 heteroatoms. The summed E-state index contributed by atoms with van der Waals surface area (Å²) in [6.07, 6.45) is 6.91. The minimum atomic E-state index is -0.299. The summed E-state index contributed by atoms with van der Waals surface area (Å²) in [5, 5.41) is 12.7. The largest absolute Gasteiger partial charge is 0.394 e. The molecule has 0 aliphatic carbocycles. The number of aliphatic hydroxyl groups is 1. The van der Waals surface area contributed by atoms with E-state index in [2.05, 4.69) is 25.2 Å². The molecule has 2 N–H and O–H groups in total. The van der Waals surface area contributed by atoms with Gasteiger partial charge in [0.2, 0.25) is 0 Å². The third-order valence-corrected chi connectivity index (χ3v) is 5.11. The van der Waals surface area contributed by atoms with Gasteiger partial charge in [0, 0.05) is 31.5 Å². The minimum Gasteiger partial charge on any atom is -0.394 e. The molecule has 0 spiro atoms. The van der Waals surface area contributed by atoms with Crippen LogP contribution in [0.4, 0.5) is 16.0 Å². The van der Waals surface area contributed by atoms with Gasteiger partial charge in [-0.2, -0.15) is 0 Å². The van der Waals surface area contributed by atoms with Gasteiger partial charge in [0.15, 0.2) is 0 Å². The quantitative estimate of drug-likeness (QED) is 0.682. The van der Waals surface area contributed by atoms with Gasteiger partial charge in [-0.1, -0.05) is 6.07 Å². The third-order valence-electron chi connectivity index (χ3n) is 5.11. The van der Waals surface area contributed by atoms with Gasteiger partial charge in [-0.25, -0.2) is 19.3 Å². The van der Waals surface area contributed by atoms with Crippen LogP contribution in [0.1, 0.15) is 24.2 Å². The molecule has 3 heterocycles. The van der Waals surface area contributed by atoms with Gasteiger partial charge in [-0.15, -0.1) is 0 Å². The van der Waals surface area contributed by atoms with Crippen LogP contribution in [-0.2, 0) is 6.54 Å². The number of hydrogen-bond donors (Lipinski definition) is 2. The number of halogens is 1. The molecule has 1 unspecified atom stereocenters. The Balaban J connectivity index is 1.46. The van der Waals surface area contributed by atoms with Gasteiger partial charge in [0.25, 0.3) is 0 Å². The molecule has 1 atom stereocenters. The number of nitrogens with one attached hydrogen (secondary N) is 1. The Morgan fingerprint density at radius 2 is 2.14 bits per heavy atom. The summed E-state index contributed by atoms with van der Waals surface area (Å²) in [4.78, 5) is 14.8. The third kappa shape index (κ3) is 3.68. The molecule has 1 aliphatic heterocycles. The molecule has 28 heavy (non-hydrogen) atoms. The van der Waals surface area contributed by atoms with E-state index < -0.39 is 0 Å². The standard InChI is InChI=1S/C20H23FN6O/c1-14-22-6-8-26(14)18-5-4-15(9-17(18)21)11-23-19-10-20(25-13-24-19)27-7-2-3-16(27)12-28/h4-6,8-10,13,16,28H,2-3,7,11-12H2,1H3,(H,23,24,25). The monoisotopic (exact) mass is 382 g/mol. The highest BCUT2D eigenvalue weighted by molar-refractivity contribution is 5.50. The van der Waals surface area contributed by atoms with E-state index in [0.717, 1.165) is 36.6 Å². The first-order valence-electron chi connectivity index (χ1n) is 9.38. The predicted octanol–water partition coefficient (Wildman–Crippen LogP) is 2.68. The number of nitrogens with zero attached hydrogens (tertiary/aromatic N) is 5. The number of anilines is 2. The second-order valence-corrected chi connectivity index (χ2v) is 6.92. The molecule has 1 aromatic carbocycles. The van der Waals surface area contributed by atoms with E-state index in [1.54, 1.807) is 23.0 Å². The summed E-state index contributed by atoms with van der Waals surface area (Å²) in [6.45, 7) is 3.28. The SMILES string of the molecule is Cc1nccn1-c1ccc(CNc2cc(N3CCCC3CO)ncn2)cc1F. The van der Waals surface area contributed by atoms with Crippen molar-refractivity contribution >= 4 is 11.6 Å².